The summed E-state index contributed by atoms with van der Waals surface area (Å²) in [6.45, 7) is 3.65. The first kappa shape index (κ1) is 19.9. The summed E-state index contributed by atoms with van der Waals surface area (Å²) in [5.74, 6) is 0.0750. The van der Waals surface area contributed by atoms with E-state index in [1.54, 1.807) is 6.92 Å². The summed E-state index contributed by atoms with van der Waals surface area (Å²) in [5.41, 5.74) is 3.77. The molecule has 0 saturated carbocycles. The van der Waals surface area contributed by atoms with E-state index < -0.39 is 0 Å². The summed E-state index contributed by atoms with van der Waals surface area (Å²) in [6.07, 6.45) is 1.02. The lowest BCUT2D eigenvalue weighted by Crippen LogP contribution is -2.47. The summed E-state index contributed by atoms with van der Waals surface area (Å²) in [6, 6.07) is 27.5. The third kappa shape index (κ3) is 3.86. The molecule has 3 aromatic carbocycles. The van der Waals surface area contributed by atoms with Gasteiger partial charge in [0.25, 0.3) is 0 Å². The van der Waals surface area contributed by atoms with Crippen molar-refractivity contribution in [1.29, 1.82) is 0 Å². The monoisotopic (exact) mass is 398 g/mol. The summed E-state index contributed by atoms with van der Waals surface area (Å²) in [7, 11) is 0. The molecule has 2 atom stereocenters. The molecule has 4 nitrogen and oxygen atoms in total. The molecule has 0 spiro atoms. The fraction of sp³-hybridized carbons (Fsp3) is 0.231. The van der Waals surface area contributed by atoms with Gasteiger partial charge in [0.05, 0.1) is 12.5 Å². The minimum atomic E-state index is -0.134. The lowest BCUT2D eigenvalue weighted by Gasteiger charge is -2.43. The first-order valence-electron chi connectivity index (χ1n) is 10.4. The van der Waals surface area contributed by atoms with Crippen LogP contribution < -0.4 is 9.80 Å². The maximum absolute atomic E-state index is 13.6. The average molecular weight is 399 g/mol. The highest BCUT2D eigenvalue weighted by Crippen LogP contribution is 2.42. The number of amides is 2. The van der Waals surface area contributed by atoms with Crippen LogP contribution in [0.15, 0.2) is 84.9 Å². The van der Waals surface area contributed by atoms with Gasteiger partial charge < -0.3 is 9.80 Å². The molecular weight excluding hydrogens is 372 g/mol. The van der Waals surface area contributed by atoms with Gasteiger partial charge in [0, 0.05) is 24.3 Å². The minimum absolute atomic E-state index is 0.00172. The van der Waals surface area contributed by atoms with Gasteiger partial charge in [0.1, 0.15) is 0 Å². The van der Waals surface area contributed by atoms with Crippen LogP contribution in [0.4, 0.5) is 11.4 Å². The van der Waals surface area contributed by atoms with Crippen LogP contribution >= 0.6 is 0 Å². The van der Waals surface area contributed by atoms with Crippen LogP contribution in [0.2, 0.25) is 0 Å². The van der Waals surface area contributed by atoms with E-state index in [2.05, 4.69) is 6.92 Å². The highest BCUT2D eigenvalue weighted by atomic mass is 16.2. The quantitative estimate of drug-likeness (QED) is 0.610. The molecule has 2 amide bonds. The number of nitrogens with zero attached hydrogens (tertiary/aromatic N) is 2. The van der Waals surface area contributed by atoms with Crippen molar-refractivity contribution in [2.24, 2.45) is 0 Å². The SMILES string of the molecule is CC(=O)N1c2ccccc2C(N(C(=O)Cc2ccccc2)c2ccccc2)CC1C. The predicted octanol–water partition coefficient (Wildman–Crippen LogP) is 5.15. The average Bonchev–Trinajstić information content (AvgIpc) is 2.75. The Labute approximate surface area is 177 Å². The number of anilines is 2. The first-order chi connectivity index (χ1) is 14.6. The van der Waals surface area contributed by atoms with E-state index in [1.807, 2.05) is 94.7 Å². The maximum Gasteiger partial charge on any atom is 0.231 e. The minimum Gasteiger partial charge on any atom is -0.309 e. The van der Waals surface area contributed by atoms with Gasteiger partial charge in [-0.15, -0.1) is 0 Å². The van der Waals surface area contributed by atoms with Crippen molar-refractivity contribution < 1.29 is 9.59 Å². The number of hydrogen-bond donors (Lipinski definition) is 0. The zero-order valence-corrected chi connectivity index (χ0v) is 17.4. The second-order valence-corrected chi connectivity index (χ2v) is 7.81. The molecule has 0 aliphatic carbocycles. The van der Waals surface area contributed by atoms with Crippen LogP contribution in [0.25, 0.3) is 0 Å². The Morgan fingerprint density at radius 2 is 1.50 bits per heavy atom. The number of carbonyl (C=O) groups is 2. The molecule has 4 heteroatoms. The molecule has 2 unspecified atom stereocenters. The Kier molecular flexibility index (Phi) is 5.66. The molecule has 1 heterocycles. The van der Waals surface area contributed by atoms with Gasteiger partial charge in [0.2, 0.25) is 11.8 Å². The van der Waals surface area contributed by atoms with Crippen molar-refractivity contribution in [2.45, 2.75) is 38.8 Å². The van der Waals surface area contributed by atoms with E-state index in [0.29, 0.717) is 12.8 Å². The molecule has 0 radical (unpaired) electrons. The number of hydrogen-bond acceptors (Lipinski definition) is 2. The molecule has 1 aliphatic rings. The number of benzene rings is 3. The summed E-state index contributed by atoms with van der Waals surface area (Å²) in [4.78, 5) is 29.7. The van der Waals surface area contributed by atoms with Crippen LogP contribution in [-0.2, 0) is 16.0 Å². The van der Waals surface area contributed by atoms with Gasteiger partial charge in [-0.2, -0.15) is 0 Å². The maximum atomic E-state index is 13.6. The topological polar surface area (TPSA) is 40.6 Å². The fourth-order valence-electron chi connectivity index (χ4n) is 4.45. The molecule has 0 aromatic heterocycles. The van der Waals surface area contributed by atoms with E-state index in [9.17, 15) is 9.59 Å². The Morgan fingerprint density at radius 3 is 2.17 bits per heavy atom. The molecule has 152 valence electrons. The van der Waals surface area contributed by atoms with Crippen LogP contribution in [0.3, 0.4) is 0 Å². The van der Waals surface area contributed by atoms with Gasteiger partial charge in [-0.25, -0.2) is 0 Å². The van der Waals surface area contributed by atoms with Crippen LogP contribution in [0.1, 0.15) is 37.4 Å². The van der Waals surface area contributed by atoms with Gasteiger partial charge in [-0.05, 0) is 42.7 Å². The standard InChI is InChI=1S/C26H26N2O2/c1-19-17-25(23-15-9-10-16-24(23)27(19)20(2)29)28(22-13-7-4-8-14-22)26(30)18-21-11-5-3-6-12-21/h3-16,19,25H,17-18H2,1-2H3. The number of carbonyl (C=O) groups excluding carboxylic acids is 2. The zero-order valence-electron chi connectivity index (χ0n) is 17.4. The van der Waals surface area contributed by atoms with Gasteiger partial charge in [0.15, 0.2) is 0 Å². The van der Waals surface area contributed by atoms with Gasteiger partial charge in [-0.3, -0.25) is 9.59 Å². The van der Waals surface area contributed by atoms with Crippen molar-refractivity contribution in [1.82, 2.24) is 0 Å². The molecule has 1 aliphatic heterocycles. The van der Waals surface area contributed by atoms with E-state index in [0.717, 1.165) is 22.5 Å². The lowest BCUT2D eigenvalue weighted by molar-refractivity contribution is -0.118. The van der Waals surface area contributed by atoms with Crippen LogP contribution in [0.5, 0.6) is 0 Å². The number of para-hydroxylation sites is 2. The second kappa shape index (κ2) is 8.54. The summed E-state index contributed by atoms with van der Waals surface area (Å²) < 4.78 is 0. The van der Waals surface area contributed by atoms with Crippen molar-refractivity contribution in [3.8, 4) is 0 Å². The molecule has 3 aromatic rings. The number of rotatable bonds is 4. The molecule has 30 heavy (non-hydrogen) atoms. The molecular formula is C26H26N2O2. The fourth-order valence-corrected chi connectivity index (χ4v) is 4.45. The van der Waals surface area contributed by atoms with Crippen molar-refractivity contribution in [3.05, 3.63) is 96.1 Å². The van der Waals surface area contributed by atoms with Gasteiger partial charge >= 0.3 is 0 Å². The van der Waals surface area contributed by atoms with Crippen molar-refractivity contribution in [3.63, 3.8) is 0 Å². The van der Waals surface area contributed by atoms with E-state index in [4.69, 9.17) is 0 Å². The van der Waals surface area contributed by atoms with Crippen molar-refractivity contribution >= 4 is 23.2 Å². The molecule has 0 saturated heterocycles. The summed E-state index contributed by atoms with van der Waals surface area (Å²) >= 11 is 0. The lowest BCUT2D eigenvalue weighted by atomic mass is 9.89. The molecule has 0 fully saturated rings. The predicted molar refractivity (Wildman–Crippen MR) is 120 cm³/mol. The van der Waals surface area contributed by atoms with Crippen LogP contribution in [0, 0.1) is 0 Å². The Hall–Kier alpha value is -3.40. The Balaban J connectivity index is 1.78. The number of fused-ring (bicyclic) bond motifs is 1. The third-order valence-electron chi connectivity index (χ3n) is 5.71. The van der Waals surface area contributed by atoms with Crippen molar-refractivity contribution in [2.75, 3.05) is 9.80 Å². The second-order valence-electron chi connectivity index (χ2n) is 7.81. The zero-order chi connectivity index (χ0) is 21.1. The first-order valence-corrected chi connectivity index (χ1v) is 10.4. The van der Waals surface area contributed by atoms with E-state index in [1.165, 1.54) is 0 Å². The van der Waals surface area contributed by atoms with E-state index >= 15 is 0 Å². The summed E-state index contributed by atoms with van der Waals surface area (Å²) in [5, 5.41) is 0. The normalized spacial score (nSPS) is 17.9. The van der Waals surface area contributed by atoms with Gasteiger partial charge in [-0.1, -0.05) is 66.7 Å². The Morgan fingerprint density at radius 1 is 0.900 bits per heavy atom. The highest BCUT2D eigenvalue weighted by molar-refractivity contribution is 5.98. The largest absolute Gasteiger partial charge is 0.309 e. The Bertz CT molecular complexity index is 1030. The third-order valence-corrected chi connectivity index (χ3v) is 5.71. The molecule has 0 N–H and O–H groups in total. The van der Waals surface area contributed by atoms with E-state index in [-0.39, 0.29) is 23.9 Å². The smallest absolute Gasteiger partial charge is 0.231 e. The molecule has 4 rings (SSSR count). The molecule has 0 bridgehead atoms. The van der Waals surface area contributed by atoms with Crippen LogP contribution in [-0.4, -0.2) is 17.9 Å². The highest BCUT2D eigenvalue weighted by Gasteiger charge is 2.37.